The van der Waals surface area contributed by atoms with Gasteiger partial charge < -0.3 is 10.6 Å². The fraction of sp³-hybridized carbons (Fsp3) is 0.100. The number of fused-ring (bicyclic) bond motifs is 1. The normalized spacial score (nSPS) is 10.7. The number of hydrogen-bond donors (Lipinski definition) is 2. The molecule has 7 heteroatoms. The number of nitrogens with zero attached hydrogens (tertiary/aromatic N) is 4. The maximum absolute atomic E-state index is 12.3. The van der Waals surface area contributed by atoms with Gasteiger partial charge in [0.25, 0.3) is 0 Å². The third-order valence-corrected chi connectivity index (χ3v) is 4.23. The van der Waals surface area contributed by atoms with Gasteiger partial charge in [-0.25, -0.2) is 4.79 Å². The van der Waals surface area contributed by atoms with Gasteiger partial charge in [0.05, 0.1) is 5.69 Å². The smallest absolute Gasteiger partial charge is 0.308 e. The lowest BCUT2D eigenvalue weighted by Crippen LogP contribution is -2.19. The van der Waals surface area contributed by atoms with Crippen molar-refractivity contribution in [1.29, 1.82) is 0 Å². The van der Waals surface area contributed by atoms with Gasteiger partial charge in [0.1, 0.15) is 0 Å². The highest BCUT2D eigenvalue weighted by Crippen LogP contribution is 2.22. The average molecular weight is 358 g/mol. The number of benzene rings is 2. The Hall–Kier alpha value is -3.74. The number of aryl methyl sites for hydroxylation is 2. The van der Waals surface area contributed by atoms with E-state index < -0.39 is 0 Å². The van der Waals surface area contributed by atoms with Crippen molar-refractivity contribution < 1.29 is 4.79 Å². The lowest BCUT2D eigenvalue weighted by molar-refractivity contribution is 0.262. The van der Waals surface area contributed by atoms with E-state index in [1.165, 1.54) is 0 Å². The van der Waals surface area contributed by atoms with Crippen LogP contribution in [0.1, 0.15) is 11.4 Å². The Balaban J connectivity index is 1.55. The molecule has 2 aromatic carbocycles. The highest BCUT2D eigenvalue weighted by atomic mass is 16.2. The number of rotatable bonds is 3. The van der Waals surface area contributed by atoms with Crippen molar-refractivity contribution in [2.24, 2.45) is 0 Å². The van der Waals surface area contributed by atoms with Crippen LogP contribution in [0.3, 0.4) is 0 Å². The van der Waals surface area contributed by atoms with E-state index in [1.54, 1.807) is 4.52 Å². The van der Waals surface area contributed by atoms with Gasteiger partial charge in [-0.3, -0.25) is 0 Å². The van der Waals surface area contributed by atoms with Crippen LogP contribution in [-0.2, 0) is 0 Å². The Morgan fingerprint density at radius 2 is 1.78 bits per heavy atom. The van der Waals surface area contributed by atoms with Crippen molar-refractivity contribution in [3.05, 3.63) is 72.1 Å². The Morgan fingerprint density at radius 3 is 2.63 bits per heavy atom. The molecule has 0 spiro atoms. The molecule has 0 unspecified atom stereocenters. The number of anilines is 2. The minimum atomic E-state index is -0.292. The zero-order valence-electron chi connectivity index (χ0n) is 15.0. The zero-order chi connectivity index (χ0) is 18.8. The van der Waals surface area contributed by atoms with Crippen LogP contribution >= 0.6 is 0 Å². The summed E-state index contributed by atoms with van der Waals surface area (Å²) in [6.07, 6.45) is 0. The second-order valence-electron chi connectivity index (χ2n) is 6.21. The average Bonchev–Trinajstić information content (AvgIpc) is 3.04. The van der Waals surface area contributed by atoms with E-state index in [2.05, 4.69) is 25.9 Å². The van der Waals surface area contributed by atoms with Gasteiger partial charge >= 0.3 is 6.03 Å². The van der Waals surface area contributed by atoms with Crippen LogP contribution < -0.4 is 10.6 Å². The molecule has 2 heterocycles. The minimum Gasteiger partial charge on any atom is -0.308 e. The van der Waals surface area contributed by atoms with Crippen LogP contribution in [0.25, 0.3) is 16.9 Å². The second kappa shape index (κ2) is 6.87. The van der Waals surface area contributed by atoms with E-state index in [9.17, 15) is 4.79 Å². The van der Waals surface area contributed by atoms with Gasteiger partial charge in [0.15, 0.2) is 11.5 Å². The van der Waals surface area contributed by atoms with E-state index in [4.69, 9.17) is 0 Å². The zero-order valence-corrected chi connectivity index (χ0v) is 15.0. The highest BCUT2D eigenvalue weighted by molar-refractivity contribution is 6.00. The summed E-state index contributed by atoms with van der Waals surface area (Å²) in [5, 5.41) is 18.4. The van der Waals surface area contributed by atoms with Crippen LogP contribution in [0.2, 0.25) is 0 Å². The fourth-order valence-electron chi connectivity index (χ4n) is 2.80. The lowest BCUT2D eigenvalue weighted by atomic mass is 10.1. The van der Waals surface area contributed by atoms with E-state index in [0.29, 0.717) is 11.3 Å². The molecule has 2 amide bonds. The molecule has 0 fully saturated rings. The van der Waals surface area contributed by atoms with Gasteiger partial charge in [0.2, 0.25) is 0 Å². The van der Waals surface area contributed by atoms with Crippen molar-refractivity contribution in [1.82, 2.24) is 19.8 Å². The number of aromatic nitrogens is 4. The Bertz CT molecular complexity index is 1130. The van der Waals surface area contributed by atoms with E-state index in [1.807, 2.05) is 74.5 Å². The summed E-state index contributed by atoms with van der Waals surface area (Å²) in [5.74, 6) is 0.721. The third-order valence-electron chi connectivity index (χ3n) is 4.23. The summed E-state index contributed by atoms with van der Waals surface area (Å²) in [5.41, 5.74) is 4.82. The summed E-state index contributed by atoms with van der Waals surface area (Å²) in [6.45, 7) is 3.80. The molecule has 0 aliphatic heterocycles. The van der Waals surface area contributed by atoms with Crippen LogP contribution in [0, 0.1) is 13.8 Å². The van der Waals surface area contributed by atoms with E-state index in [0.717, 1.165) is 28.3 Å². The minimum absolute atomic E-state index is 0.292. The quantitative estimate of drug-likeness (QED) is 0.579. The van der Waals surface area contributed by atoms with Gasteiger partial charge in [0, 0.05) is 16.9 Å². The first-order valence-corrected chi connectivity index (χ1v) is 8.53. The van der Waals surface area contributed by atoms with Crippen molar-refractivity contribution in [3.8, 4) is 11.3 Å². The summed E-state index contributed by atoms with van der Waals surface area (Å²) in [6, 6.07) is 18.6. The monoisotopic (exact) mass is 358 g/mol. The standard InChI is InChI=1S/C20H18N6O/c1-13-6-3-4-9-17(13)22-20(27)21-16-8-5-7-15(12-16)18-10-11-19-24-23-14(2)26(19)25-18/h3-12H,1-2H3,(H2,21,22,27). The van der Waals surface area contributed by atoms with E-state index in [-0.39, 0.29) is 6.03 Å². The number of urea groups is 1. The van der Waals surface area contributed by atoms with Gasteiger partial charge in [-0.05, 0) is 49.7 Å². The molecule has 0 saturated carbocycles. The molecule has 0 saturated heterocycles. The van der Waals surface area contributed by atoms with Crippen molar-refractivity contribution >= 4 is 23.1 Å². The number of carbonyl (C=O) groups is 1. The Kier molecular flexibility index (Phi) is 4.25. The summed E-state index contributed by atoms with van der Waals surface area (Å²) < 4.78 is 1.69. The number of para-hydroxylation sites is 1. The topological polar surface area (TPSA) is 84.2 Å². The molecule has 2 aromatic heterocycles. The molecule has 0 bridgehead atoms. The number of hydrogen-bond acceptors (Lipinski definition) is 4. The molecule has 0 aliphatic carbocycles. The second-order valence-corrected chi connectivity index (χ2v) is 6.21. The van der Waals surface area contributed by atoms with Crippen LogP contribution in [0.5, 0.6) is 0 Å². The fourth-order valence-corrected chi connectivity index (χ4v) is 2.80. The third kappa shape index (κ3) is 3.48. The van der Waals surface area contributed by atoms with Crippen molar-refractivity contribution in [2.45, 2.75) is 13.8 Å². The number of amides is 2. The highest BCUT2D eigenvalue weighted by Gasteiger charge is 2.08. The van der Waals surface area contributed by atoms with Crippen molar-refractivity contribution in [2.75, 3.05) is 10.6 Å². The molecular weight excluding hydrogens is 340 g/mol. The van der Waals surface area contributed by atoms with Crippen LogP contribution in [0.15, 0.2) is 60.7 Å². The molecular formula is C20H18N6O. The molecule has 0 atom stereocenters. The summed E-state index contributed by atoms with van der Waals surface area (Å²) in [4.78, 5) is 12.3. The van der Waals surface area contributed by atoms with Crippen molar-refractivity contribution in [3.63, 3.8) is 0 Å². The lowest BCUT2D eigenvalue weighted by Gasteiger charge is -2.10. The van der Waals surface area contributed by atoms with Gasteiger partial charge in [-0.2, -0.15) is 9.61 Å². The number of nitrogens with one attached hydrogen (secondary N) is 2. The summed E-state index contributed by atoms with van der Waals surface area (Å²) >= 11 is 0. The number of carbonyl (C=O) groups excluding carboxylic acids is 1. The van der Waals surface area contributed by atoms with Crippen LogP contribution in [0.4, 0.5) is 16.2 Å². The summed E-state index contributed by atoms with van der Waals surface area (Å²) in [7, 11) is 0. The molecule has 0 aliphatic rings. The molecule has 7 nitrogen and oxygen atoms in total. The Labute approximate surface area is 156 Å². The Morgan fingerprint density at radius 1 is 0.926 bits per heavy atom. The van der Waals surface area contributed by atoms with Gasteiger partial charge in [-0.15, -0.1) is 10.2 Å². The first kappa shape index (κ1) is 16.7. The first-order chi connectivity index (χ1) is 13.1. The first-order valence-electron chi connectivity index (χ1n) is 8.53. The van der Waals surface area contributed by atoms with Gasteiger partial charge in [-0.1, -0.05) is 30.3 Å². The molecule has 4 aromatic rings. The van der Waals surface area contributed by atoms with E-state index >= 15 is 0 Å². The largest absolute Gasteiger partial charge is 0.323 e. The molecule has 27 heavy (non-hydrogen) atoms. The van der Waals surface area contributed by atoms with Crippen LogP contribution in [-0.4, -0.2) is 25.8 Å². The SMILES string of the molecule is Cc1ccccc1NC(=O)Nc1cccc(-c2ccc3nnc(C)n3n2)c1. The molecule has 134 valence electrons. The predicted molar refractivity (Wildman–Crippen MR) is 105 cm³/mol. The maximum Gasteiger partial charge on any atom is 0.323 e. The molecule has 0 radical (unpaired) electrons. The molecule has 2 N–H and O–H groups in total. The predicted octanol–water partition coefficient (Wildman–Crippen LogP) is 4.05. The maximum atomic E-state index is 12.3. The molecule has 4 rings (SSSR count).